The van der Waals surface area contributed by atoms with Crippen LogP contribution in [-0.4, -0.2) is 24.9 Å². The van der Waals surface area contributed by atoms with Gasteiger partial charge in [-0.1, -0.05) is 23.2 Å². The SMILES string of the molecule is O=C(O)c1ccc(N(c2cc(Cl)sc2Cl)S(=O)O)cc1O. The van der Waals surface area contributed by atoms with E-state index in [4.69, 9.17) is 28.3 Å². The van der Waals surface area contributed by atoms with Crippen LogP contribution in [0.2, 0.25) is 8.67 Å². The molecule has 2 rings (SSSR count). The third kappa shape index (κ3) is 3.30. The lowest BCUT2D eigenvalue weighted by Crippen LogP contribution is -2.19. The number of hydrogen-bond acceptors (Lipinski definition) is 4. The van der Waals surface area contributed by atoms with Gasteiger partial charge in [0.05, 0.1) is 15.7 Å². The largest absolute Gasteiger partial charge is 0.507 e. The van der Waals surface area contributed by atoms with Crippen molar-refractivity contribution in [3.63, 3.8) is 0 Å². The highest BCUT2D eigenvalue weighted by Crippen LogP contribution is 2.42. The molecule has 0 saturated heterocycles. The fourth-order valence-electron chi connectivity index (χ4n) is 1.61. The lowest BCUT2D eigenvalue weighted by molar-refractivity contribution is 0.0694. The first-order chi connectivity index (χ1) is 9.81. The van der Waals surface area contributed by atoms with Crippen molar-refractivity contribution in [3.8, 4) is 5.75 Å². The summed E-state index contributed by atoms with van der Waals surface area (Å²) in [5, 5.41) is 18.5. The molecule has 0 spiro atoms. The minimum atomic E-state index is -2.49. The summed E-state index contributed by atoms with van der Waals surface area (Å²) in [6.45, 7) is 0. The predicted molar refractivity (Wildman–Crippen MR) is 82.3 cm³/mol. The normalized spacial score (nSPS) is 12.1. The second-order valence-electron chi connectivity index (χ2n) is 3.74. The summed E-state index contributed by atoms with van der Waals surface area (Å²) >= 11 is 10.3. The highest BCUT2D eigenvalue weighted by atomic mass is 35.5. The maximum atomic E-state index is 11.5. The maximum Gasteiger partial charge on any atom is 0.339 e. The van der Waals surface area contributed by atoms with Crippen molar-refractivity contribution >= 4 is 63.1 Å². The number of halogens is 2. The molecule has 0 aliphatic heterocycles. The number of nitrogens with zero attached hydrogens (tertiary/aromatic N) is 1. The Morgan fingerprint density at radius 3 is 2.38 bits per heavy atom. The smallest absolute Gasteiger partial charge is 0.339 e. The minimum absolute atomic E-state index is 0.0923. The standard InChI is InChI=1S/C11H7Cl2NO5S2/c12-9-4-7(10(13)20-9)14(21(18)19)5-1-2-6(11(16)17)8(15)3-5/h1-4,15H,(H,16,17)(H,18,19). The molecule has 6 nitrogen and oxygen atoms in total. The monoisotopic (exact) mass is 367 g/mol. The van der Waals surface area contributed by atoms with Gasteiger partial charge in [0.15, 0.2) is 0 Å². The first kappa shape index (κ1) is 16.1. The molecule has 3 N–H and O–H groups in total. The summed E-state index contributed by atoms with van der Waals surface area (Å²) in [7, 11) is 0. The summed E-state index contributed by atoms with van der Waals surface area (Å²) in [5.74, 6) is -1.85. The number of aromatic hydroxyl groups is 1. The summed E-state index contributed by atoms with van der Waals surface area (Å²) < 4.78 is 22.4. The molecule has 21 heavy (non-hydrogen) atoms. The van der Waals surface area contributed by atoms with Crippen molar-refractivity contribution in [1.82, 2.24) is 0 Å². The van der Waals surface area contributed by atoms with E-state index in [1.807, 2.05) is 0 Å². The first-order valence-electron chi connectivity index (χ1n) is 5.23. The summed E-state index contributed by atoms with van der Waals surface area (Å²) in [5.41, 5.74) is -0.0541. The lowest BCUT2D eigenvalue weighted by Gasteiger charge is -2.19. The number of carboxylic acid groups (broad SMARTS) is 1. The van der Waals surface area contributed by atoms with Gasteiger partial charge < -0.3 is 10.2 Å². The second kappa shape index (κ2) is 6.20. The molecule has 2 aromatic rings. The van der Waals surface area contributed by atoms with Crippen LogP contribution in [0.5, 0.6) is 5.75 Å². The van der Waals surface area contributed by atoms with E-state index in [1.54, 1.807) is 0 Å². The zero-order valence-electron chi connectivity index (χ0n) is 9.99. The molecule has 0 amide bonds. The van der Waals surface area contributed by atoms with Gasteiger partial charge in [0, 0.05) is 6.07 Å². The summed E-state index contributed by atoms with van der Waals surface area (Å²) in [4.78, 5) is 10.8. The van der Waals surface area contributed by atoms with Gasteiger partial charge in [-0.3, -0.25) is 4.55 Å². The first-order valence-corrected chi connectivity index (χ1v) is 7.87. The molecular weight excluding hydrogens is 361 g/mol. The third-order valence-electron chi connectivity index (χ3n) is 2.46. The minimum Gasteiger partial charge on any atom is -0.507 e. The molecule has 10 heteroatoms. The van der Waals surface area contributed by atoms with E-state index in [-0.39, 0.29) is 21.3 Å². The molecule has 0 saturated carbocycles. The van der Waals surface area contributed by atoms with Gasteiger partial charge in [0.2, 0.25) is 0 Å². The van der Waals surface area contributed by atoms with E-state index in [1.165, 1.54) is 12.1 Å². The fraction of sp³-hybridized carbons (Fsp3) is 0. The summed E-state index contributed by atoms with van der Waals surface area (Å²) in [6.07, 6.45) is 0. The Balaban J connectivity index is 2.54. The highest BCUT2D eigenvalue weighted by molar-refractivity contribution is 7.81. The highest BCUT2D eigenvalue weighted by Gasteiger charge is 2.22. The number of carbonyl (C=O) groups is 1. The van der Waals surface area contributed by atoms with Crippen LogP contribution in [0, 0.1) is 0 Å². The Bertz CT molecular complexity index is 733. The van der Waals surface area contributed by atoms with Gasteiger partial charge in [-0.05, 0) is 18.2 Å². The average Bonchev–Trinajstić information content (AvgIpc) is 2.68. The maximum absolute atomic E-state index is 11.5. The third-order valence-corrected chi connectivity index (χ3v) is 4.65. The van der Waals surface area contributed by atoms with Crippen molar-refractivity contribution in [2.45, 2.75) is 0 Å². The van der Waals surface area contributed by atoms with Crippen LogP contribution in [0.3, 0.4) is 0 Å². The zero-order valence-corrected chi connectivity index (χ0v) is 13.1. The van der Waals surface area contributed by atoms with Gasteiger partial charge in [0.25, 0.3) is 11.3 Å². The van der Waals surface area contributed by atoms with E-state index >= 15 is 0 Å². The lowest BCUT2D eigenvalue weighted by atomic mass is 10.2. The van der Waals surface area contributed by atoms with Crippen LogP contribution in [0.25, 0.3) is 0 Å². The fourth-order valence-corrected chi connectivity index (χ4v) is 3.76. The Kier molecular flexibility index (Phi) is 4.74. The topological polar surface area (TPSA) is 98.1 Å². The number of thiophene rings is 1. The van der Waals surface area contributed by atoms with Gasteiger partial charge in [-0.25, -0.2) is 13.3 Å². The average molecular weight is 368 g/mol. The van der Waals surface area contributed by atoms with Crippen LogP contribution in [0.1, 0.15) is 10.4 Å². The molecule has 1 unspecified atom stereocenters. The van der Waals surface area contributed by atoms with Crippen LogP contribution in [0.4, 0.5) is 11.4 Å². The number of phenols is 1. The number of aromatic carboxylic acids is 1. The van der Waals surface area contributed by atoms with Crippen LogP contribution < -0.4 is 4.31 Å². The molecular formula is C11H7Cl2NO5S2. The van der Waals surface area contributed by atoms with Gasteiger partial charge in [0.1, 0.15) is 15.6 Å². The molecule has 0 fully saturated rings. The molecule has 1 heterocycles. The van der Waals surface area contributed by atoms with Gasteiger partial charge >= 0.3 is 5.97 Å². The quantitative estimate of drug-likeness (QED) is 0.715. The molecule has 0 aliphatic rings. The van der Waals surface area contributed by atoms with Gasteiger partial charge in [-0.15, -0.1) is 11.3 Å². The molecule has 0 bridgehead atoms. The number of carboxylic acids is 1. The second-order valence-corrected chi connectivity index (χ2v) is 6.85. The predicted octanol–water partition coefficient (Wildman–Crippen LogP) is 3.73. The molecule has 1 aromatic heterocycles. The Morgan fingerprint density at radius 1 is 1.29 bits per heavy atom. The number of benzene rings is 1. The number of hydrogen-bond donors (Lipinski definition) is 3. The number of rotatable bonds is 4. The number of anilines is 2. The van der Waals surface area contributed by atoms with E-state index in [0.29, 0.717) is 4.34 Å². The Hall–Kier alpha value is -1.32. The molecule has 112 valence electrons. The van der Waals surface area contributed by atoms with Crippen LogP contribution in [0.15, 0.2) is 24.3 Å². The molecule has 0 aliphatic carbocycles. The van der Waals surface area contributed by atoms with Crippen molar-refractivity contribution < 1.29 is 23.8 Å². The van der Waals surface area contributed by atoms with E-state index in [2.05, 4.69) is 0 Å². The van der Waals surface area contributed by atoms with E-state index < -0.39 is 23.0 Å². The van der Waals surface area contributed by atoms with E-state index in [9.17, 15) is 18.7 Å². The van der Waals surface area contributed by atoms with E-state index in [0.717, 1.165) is 27.8 Å². The molecule has 1 atom stereocenters. The van der Waals surface area contributed by atoms with Crippen LogP contribution >= 0.6 is 34.5 Å². The van der Waals surface area contributed by atoms with Crippen molar-refractivity contribution in [1.29, 1.82) is 0 Å². The molecule has 0 radical (unpaired) electrons. The van der Waals surface area contributed by atoms with Crippen molar-refractivity contribution in [2.75, 3.05) is 4.31 Å². The molecule has 1 aromatic carbocycles. The summed E-state index contributed by atoms with van der Waals surface area (Å²) in [6, 6.07) is 4.85. The Morgan fingerprint density at radius 2 is 1.95 bits per heavy atom. The Labute approximate surface area is 135 Å². The van der Waals surface area contributed by atoms with Crippen molar-refractivity contribution in [3.05, 3.63) is 38.5 Å². The van der Waals surface area contributed by atoms with Crippen molar-refractivity contribution in [2.24, 2.45) is 0 Å². The van der Waals surface area contributed by atoms with Crippen LogP contribution in [-0.2, 0) is 11.3 Å². The van der Waals surface area contributed by atoms with Gasteiger partial charge in [-0.2, -0.15) is 0 Å². The zero-order chi connectivity index (χ0) is 15.7.